The molecule has 0 unspecified atom stereocenters. The van der Waals surface area contributed by atoms with Gasteiger partial charge in [-0.25, -0.2) is 4.79 Å². The van der Waals surface area contributed by atoms with Crippen molar-refractivity contribution in [2.75, 3.05) is 0 Å². The lowest BCUT2D eigenvalue weighted by Crippen LogP contribution is -2.31. The van der Waals surface area contributed by atoms with Gasteiger partial charge in [-0.3, -0.25) is 4.79 Å². The van der Waals surface area contributed by atoms with E-state index >= 15 is 0 Å². The highest BCUT2D eigenvalue weighted by atomic mass is 16.5. The first-order valence-electron chi connectivity index (χ1n) is 17.5. The standard InChI is InChI=1S/C35H60O7/c1-3-4-5-6-7-8-9-10-11-12-19-31(37)33-21-22-34(42-33)32(38)20-14-13-16-28(36)25-30-18-15-17-29(41-30)24-27-23-26(2)40-35(27)39/h23,26,29-34,37-38H,3-22,24-25H2,1-2H3/t26-,29+,30-,31-,32-,33+,34-/m1/s1. The van der Waals surface area contributed by atoms with Crippen molar-refractivity contribution in [3.8, 4) is 0 Å². The highest BCUT2D eigenvalue weighted by molar-refractivity contribution is 5.90. The van der Waals surface area contributed by atoms with E-state index in [0.717, 1.165) is 57.8 Å². The smallest absolute Gasteiger partial charge is 0.334 e. The van der Waals surface area contributed by atoms with Crippen molar-refractivity contribution in [2.24, 2.45) is 0 Å². The third-order valence-corrected chi connectivity index (χ3v) is 9.33. The minimum atomic E-state index is -0.545. The Labute approximate surface area is 255 Å². The van der Waals surface area contributed by atoms with Crippen molar-refractivity contribution in [1.29, 1.82) is 0 Å². The van der Waals surface area contributed by atoms with Gasteiger partial charge in [-0.05, 0) is 64.4 Å². The van der Waals surface area contributed by atoms with Crippen LogP contribution in [0, 0.1) is 0 Å². The predicted molar refractivity (Wildman–Crippen MR) is 165 cm³/mol. The monoisotopic (exact) mass is 592 g/mol. The number of Topliss-reactive ketones (excluding diaryl/α,β-unsaturated/α-hetero) is 1. The number of hydrogen-bond acceptors (Lipinski definition) is 7. The molecule has 2 saturated heterocycles. The summed E-state index contributed by atoms with van der Waals surface area (Å²) in [6.07, 6.45) is 21.9. The van der Waals surface area contributed by atoms with Gasteiger partial charge in [0.15, 0.2) is 0 Å². The molecule has 7 nitrogen and oxygen atoms in total. The highest BCUT2D eigenvalue weighted by Gasteiger charge is 2.34. The largest absolute Gasteiger partial charge is 0.455 e. The Morgan fingerprint density at radius 3 is 1.98 bits per heavy atom. The number of ether oxygens (including phenoxy) is 3. The summed E-state index contributed by atoms with van der Waals surface area (Å²) >= 11 is 0. The van der Waals surface area contributed by atoms with Crippen molar-refractivity contribution >= 4 is 11.8 Å². The van der Waals surface area contributed by atoms with E-state index in [1.54, 1.807) is 0 Å². The summed E-state index contributed by atoms with van der Waals surface area (Å²) in [7, 11) is 0. The summed E-state index contributed by atoms with van der Waals surface area (Å²) in [5.74, 6) is -0.0407. The first-order chi connectivity index (χ1) is 20.4. The lowest BCUT2D eigenvalue weighted by molar-refractivity contribution is -0.140. The van der Waals surface area contributed by atoms with Crippen molar-refractivity contribution in [2.45, 2.75) is 198 Å². The average Bonchev–Trinajstić information content (AvgIpc) is 3.58. The minimum Gasteiger partial charge on any atom is -0.455 e. The molecule has 2 fully saturated rings. The van der Waals surface area contributed by atoms with Gasteiger partial charge in [0.1, 0.15) is 11.9 Å². The number of cyclic esters (lactones) is 1. The lowest BCUT2D eigenvalue weighted by Gasteiger charge is -2.30. The number of rotatable bonds is 22. The molecule has 0 aromatic carbocycles. The molecule has 3 aliphatic heterocycles. The molecule has 2 N–H and O–H groups in total. The van der Waals surface area contributed by atoms with Gasteiger partial charge in [0.2, 0.25) is 0 Å². The number of aliphatic hydroxyl groups excluding tert-OH is 2. The Morgan fingerprint density at radius 2 is 1.38 bits per heavy atom. The van der Waals surface area contributed by atoms with Crippen LogP contribution in [-0.4, -0.2) is 64.7 Å². The van der Waals surface area contributed by atoms with E-state index in [1.807, 2.05) is 13.0 Å². The van der Waals surface area contributed by atoms with Gasteiger partial charge in [-0.15, -0.1) is 0 Å². The van der Waals surface area contributed by atoms with Gasteiger partial charge >= 0.3 is 5.97 Å². The zero-order chi connectivity index (χ0) is 30.2. The molecular formula is C35H60O7. The summed E-state index contributed by atoms with van der Waals surface area (Å²) < 4.78 is 17.4. The summed E-state index contributed by atoms with van der Waals surface area (Å²) in [4.78, 5) is 24.5. The Morgan fingerprint density at radius 1 is 0.810 bits per heavy atom. The van der Waals surface area contributed by atoms with E-state index in [0.29, 0.717) is 31.3 Å². The van der Waals surface area contributed by atoms with Gasteiger partial charge in [-0.2, -0.15) is 0 Å². The molecule has 0 saturated carbocycles. The molecule has 42 heavy (non-hydrogen) atoms. The maximum Gasteiger partial charge on any atom is 0.334 e. The first kappa shape index (κ1) is 35.2. The average molecular weight is 593 g/mol. The Kier molecular flexibility index (Phi) is 16.7. The first-order valence-corrected chi connectivity index (χ1v) is 17.5. The minimum absolute atomic E-state index is 0.0283. The number of esters is 1. The van der Waals surface area contributed by atoms with Crippen LogP contribution in [0.5, 0.6) is 0 Å². The van der Waals surface area contributed by atoms with E-state index in [-0.39, 0.29) is 42.3 Å². The number of carbonyl (C=O) groups excluding carboxylic acids is 2. The molecule has 3 rings (SSSR count). The van der Waals surface area contributed by atoms with Crippen LogP contribution in [0.2, 0.25) is 0 Å². The van der Waals surface area contributed by atoms with E-state index in [1.165, 1.54) is 57.8 Å². The normalized spacial score (nSPS) is 27.6. The fraction of sp³-hybridized carbons (Fsp3) is 0.886. The molecule has 3 heterocycles. The lowest BCUT2D eigenvalue weighted by atomic mass is 9.95. The van der Waals surface area contributed by atoms with Crippen LogP contribution in [0.25, 0.3) is 0 Å². The van der Waals surface area contributed by atoms with Gasteiger partial charge < -0.3 is 24.4 Å². The molecule has 7 heteroatoms. The number of hydrogen-bond donors (Lipinski definition) is 2. The van der Waals surface area contributed by atoms with Crippen LogP contribution in [0.1, 0.15) is 155 Å². The predicted octanol–water partition coefficient (Wildman–Crippen LogP) is 7.29. The molecule has 0 aromatic rings. The summed E-state index contributed by atoms with van der Waals surface area (Å²) in [6.45, 7) is 4.11. The molecule has 0 aromatic heterocycles. The van der Waals surface area contributed by atoms with Crippen LogP contribution < -0.4 is 0 Å². The Bertz CT molecular complexity index is 811. The molecule has 7 atom stereocenters. The maximum absolute atomic E-state index is 12.6. The number of ketones is 1. The summed E-state index contributed by atoms with van der Waals surface area (Å²) in [5, 5.41) is 21.3. The highest BCUT2D eigenvalue weighted by Crippen LogP contribution is 2.30. The summed E-state index contributed by atoms with van der Waals surface area (Å²) in [6, 6.07) is 0. The summed E-state index contributed by atoms with van der Waals surface area (Å²) in [5.41, 5.74) is 0.694. The van der Waals surface area contributed by atoms with E-state index in [2.05, 4.69) is 6.92 Å². The van der Waals surface area contributed by atoms with Crippen molar-refractivity contribution in [3.05, 3.63) is 11.6 Å². The fourth-order valence-electron chi connectivity index (χ4n) is 6.81. The second-order valence-corrected chi connectivity index (χ2v) is 13.2. The molecule has 3 aliphatic rings. The van der Waals surface area contributed by atoms with Crippen LogP contribution >= 0.6 is 0 Å². The second kappa shape index (κ2) is 19.9. The molecule has 242 valence electrons. The van der Waals surface area contributed by atoms with Crippen molar-refractivity contribution in [3.63, 3.8) is 0 Å². The number of carbonyl (C=O) groups is 2. The number of aliphatic hydroxyl groups is 2. The maximum atomic E-state index is 12.6. The van der Waals surface area contributed by atoms with Crippen molar-refractivity contribution < 1.29 is 34.0 Å². The molecule has 0 amide bonds. The van der Waals surface area contributed by atoms with Crippen LogP contribution in [0.15, 0.2) is 11.6 Å². The van der Waals surface area contributed by atoms with Gasteiger partial charge in [0.05, 0.1) is 36.6 Å². The van der Waals surface area contributed by atoms with Gasteiger partial charge in [-0.1, -0.05) is 77.6 Å². The van der Waals surface area contributed by atoms with E-state index in [4.69, 9.17) is 14.2 Å². The second-order valence-electron chi connectivity index (χ2n) is 13.2. The third-order valence-electron chi connectivity index (χ3n) is 9.33. The number of unbranched alkanes of at least 4 members (excludes halogenated alkanes) is 10. The molecule has 0 bridgehead atoms. The topological polar surface area (TPSA) is 102 Å². The van der Waals surface area contributed by atoms with Gasteiger partial charge in [0, 0.05) is 24.8 Å². The van der Waals surface area contributed by atoms with Crippen LogP contribution in [0.3, 0.4) is 0 Å². The van der Waals surface area contributed by atoms with Crippen LogP contribution in [0.4, 0.5) is 0 Å². The zero-order valence-corrected chi connectivity index (χ0v) is 26.6. The third kappa shape index (κ3) is 13.2. The van der Waals surface area contributed by atoms with E-state index < -0.39 is 12.2 Å². The Hall–Kier alpha value is -1.28. The van der Waals surface area contributed by atoms with E-state index in [9.17, 15) is 19.8 Å². The quantitative estimate of drug-likeness (QED) is 0.101. The van der Waals surface area contributed by atoms with Gasteiger partial charge in [0.25, 0.3) is 0 Å². The van der Waals surface area contributed by atoms with Crippen LogP contribution in [-0.2, 0) is 23.8 Å². The zero-order valence-electron chi connectivity index (χ0n) is 26.6. The molecular weight excluding hydrogens is 532 g/mol. The molecule has 0 radical (unpaired) electrons. The SMILES string of the molecule is CCCCCCCCCCCC[C@@H](O)[C@@H]1CC[C@H]([C@H](O)CCCCC(=O)C[C@H]2CCC[C@@H](CC3=C[C@@H](C)OC3=O)O2)O1. The fourth-order valence-corrected chi connectivity index (χ4v) is 6.81. The molecule has 0 spiro atoms. The molecule has 0 aliphatic carbocycles. The Balaban J connectivity index is 1.19. The van der Waals surface area contributed by atoms with Crippen molar-refractivity contribution in [1.82, 2.24) is 0 Å².